The molecule has 1 aliphatic heterocycles. The van der Waals surface area contributed by atoms with Crippen molar-refractivity contribution in [3.63, 3.8) is 0 Å². The van der Waals surface area contributed by atoms with Crippen LogP contribution in [0.15, 0.2) is 24.3 Å². The zero-order valence-corrected chi connectivity index (χ0v) is 13.6. The van der Waals surface area contributed by atoms with Gasteiger partial charge in [-0.3, -0.25) is 4.79 Å². The molecule has 0 fully saturated rings. The van der Waals surface area contributed by atoms with E-state index < -0.39 is 5.60 Å². The van der Waals surface area contributed by atoms with Gasteiger partial charge in [-0.1, -0.05) is 31.5 Å². The highest BCUT2D eigenvalue weighted by atomic mass is 16.5. The van der Waals surface area contributed by atoms with Gasteiger partial charge in [-0.15, -0.1) is 0 Å². The third-order valence-corrected chi connectivity index (χ3v) is 4.59. The van der Waals surface area contributed by atoms with Crippen molar-refractivity contribution in [3.8, 4) is 0 Å². The average molecular weight is 300 g/mol. The van der Waals surface area contributed by atoms with E-state index >= 15 is 0 Å². The number of nitrogens with zero attached hydrogens (tertiary/aromatic N) is 1. The van der Waals surface area contributed by atoms with Crippen molar-refractivity contribution in [1.82, 2.24) is 9.88 Å². The molecule has 2 heterocycles. The number of rotatable bonds is 4. The number of hydrogen-bond acceptors (Lipinski definition) is 2. The first-order valence-electron chi connectivity index (χ1n) is 8.01. The van der Waals surface area contributed by atoms with E-state index in [9.17, 15) is 4.79 Å². The van der Waals surface area contributed by atoms with Gasteiger partial charge in [0, 0.05) is 25.0 Å². The van der Waals surface area contributed by atoms with E-state index in [1.807, 2.05) is 6.07 Å². The van der Waals surface area contributed by atoms with Gasteiger partial charge in [-0.05, 0) is 24.5 Å². The Labute approximate surface area is 131 Å². The molecule has 0 spiro atoms. The van der Waals surface area contributed by atoms with Gasteiger partial charge in [-0.25, -0.2) is 0 Å². The second kappa shape index (κ2) is 5.76. The van der Waals surface area contributed by atoms with Crippen LogP contribution in [-0.4, -0.2) is 36.5 Å². The summed E-state index contributed by atoms with van der Waals surface area (Å²) in [6.07, 6.45) is 3.14. The largest absolute Gasteiger partial charge is 0.368 e. The molecule has 1 aromatic heterocycles. The fraction of sp³-hybridized carbons (Fsp3) is 0.500. The van der Waals surface area contributed by atoms with Crippen molar-refractivity contribution >= 4 is 16.8 Å². The number of carbonyl (C=O) groups is 1. The SMILES string of the molecule is CCCC1(CC(=O)N(C)C)OCCc2c1[nH]c1ccccc21. The average Bonchev–Trinajstić information content (AvgIpc) is 2.88. The van der Waals surface area contributed by atoms with Gasteiger partial charge >= 0.3 is 0 Å². The predicted octanol–water partition coefficient (Wildman–Crippen LogP) is 3.21. The van der Waals surface area contributed by atoms with Crippen LogP contribution in [-0.2, 0) is 21.6 Å². The fourth-order valence-corrected chi connectivity index (χ4v) is 3.50. The van der Waals surface area contributed by atoms with Crippen molar-refractivity contribution < 1.29 is 9.53 Å². The Morgan fingerprint density at radius 2 is 2.14 bits per heavy atom. The Hall–Kier alpha value is -1.81. The predicted molar refractivity (Wildman–Crippen MR) is 87.9 cm³/mol. The molecule has 0 saturated heterocycles. The Bertz CT molecular complexity index is 689. The van der Waals surface area contributed by atoms with Crippen LogP contribution in [0.1, 0.15) is 37.4 Å². The fourth-order valence-electron chi connectivity index (χ4n) is 3.50. The maximum Gasteiger partial charge on any atom is 0.225 e. The van der Waals surface area contributed by atoms with E-state index in [0.29, 0.717) is 13.0 Å². The topological polar surface area (TPSA) is 45.3 Å². The van der Waals surface area contributed by atoms with E-state index in [1.54, 1.807) is 19.0 Å². The summed E-state index contributed by atoms with van der Waals surface area (Å²) in [4.78, 5) is 17.5. The van der Waals surface area contributed by atoms with Crippen LogP contribution < -0.4 is 0 Å². The van der Waals surface area contributed by atoms with Crippen molar-refractivity contribution in [2.24, 2.45) is 0 Å². The minimum absolute atomic E-state index is 0.111. The lowest BCUT2D eigenvalue weighted by Crippen LogP contribution is -2.40. The maximum atomic E-state index is 12.3. The van der Waals surface area contributed by atoms with Crippen molar-refractivity contribution in [1.29, 1.82) is 0 Å². The van der Waals surface area contributed by atoms with Gasteiger partial charge in [0.1, 0.15) is 5.60 Å². The van der Waals surface area contributed by atoms with E-state index in [1.165, 1.54) is 10.9 Å². The quantitative estimate of drug-likeness (QED) is 0.942. The summed E-state index contributed by atoms with van der Waals surface area (Å²) in [6.45, 7) is 2.82. The minimum atomic E-state index is -0.511. The lowest BCUT2D eigenvalue weighted by atomic mass is 9.84. The normalized spacial score (nSPS) is 20.9. The number of ether oxygens (including phenoxy) is 1. The van der Waals surface area contributed by atoms with E-state index in [4.69, 9.17) is 4.74 Å². The van der Waals surface area contributed by atoms with Crippen LogP contribution >= 0.6 is 0 Å². The maximum absolute atomic E-state index is 12.3. The third kappa shape index (κ3) is 2.41. The summed E-state index contributed by atoms with van der Waals surface area (Å²) in [5.41, 5.74) is 3.05. The van der Waals surface area contributed by atoms with Crippen molar-refractivity contribution in [2.75, 3.05) is 20.7 Å². The highest BCUT2D eigenvalue weighted by Gasteiger charge is 2.41. The minimum Gasteiger partial charge on any atom is -0.368 e. The number of fused-ring (bicyclic) bond motifs is 3. The number of hydrogen-bond donors (Lipinski definition) is 1. The van der Waals surface area contributed by atoms with E-state index in [2.05, 4.69) is 30.1 Å². The molecule has 4 nitrogen and oxygen atoms in total. The monoisotopic (exact) mass is 300 g/mol. The molecule has 1 aliphatic rings. The van der Waals surface area contributed by atoms with Crippen LogP contribution in [0, 0.1) is 0 Å². The lowest BCUT2D eigenvalue weighted by Gasteiger charge is -2.37. The summed E-state index contributed by atoms with van der Waals surface area (Å²) in [5.74, 6) is 0.111. The summed E-state index contributed by atoms with van der Waals surface area (Å²) in [5, 5.41) is 1.26. The number of amides is 1. The number of benzene rings is 1. The standard InChI is InChI=1S/C18H24N2O2/c1-4-10-18(12-16(21)20(2)3)17-14(9-11-22-18)13-7-5-6-8-15(13)19-17/h5-8,19H,4,9-12H2,1-3H3. The number of aromatic nitrogens is 1. The molecule has 0 radical (unpaired) electrons. The van der Waals surface area contributed by atoms with Gasteiger partial charge in [0.2, 0.25) is 5.91 Å². The van der Waals surface area contributed by atoms with Crippen LogP contribution in [0.25, 0.3) is 10.9 Å². The number of para-hydroxylation sites is 1. The summed E-state index contributed by atoms with van der Waals surface area (Å²) < 4.78 is 6.20. The molecule has 2 aromatic rings. The molecule has 0 saturated carbocycles. The Morgan fingerprint density at radius 1 is 1.36 bits per heavy atom. The highest BCUT2D eigenvalue weighted by molar-refractivity contribution is 5.86. The van der Waals surface area contributed by atoms with Crippen LogP contribution in [0.5, 0.6) is 0 Å². The second-order valence-corrected chi connectivity index (χ2v) is 6.33. The third-order valence-electron chi connectivity index (χ3n) is 4.59. The zero-order valence-electron chi connectivity index (χ0n) is 13.6. The van der Waals surface area contributed by atoms with Gasteiger partial charge in [-0.2, -0.15) is 0 Å². The zero-order chi connectivity index (χ0) is 15.7. The van der Waals surface area contributed by atoms with Gasteiger partial charge in [0.25, 0.3) is 0 Å². The Balaban J connectivity index is 2.11. The van der Waals surface area contributed by atoms with Gasteiger partial charge in [0.05, 0.1) is 18.7 Å². The molecule has 22 heavy (non-hydrogen) atoms. The number of H-pyrrole nitrogens is 1. The molecule has 1 amide bonds. The Kier molecular flexibility index (Phi) is 3.96. The molecule has 1 N–H and O–H groups in total. The van der Waals surface area contributed by atoms with Gasteiger partial charge in [0.15, 0.2) is 0 Å². The molecule has 3 rings (SSSR count). The first-order valence-corrected chi connectivity index (χ1v) is 8.01. The second-order valence-electron chi connectivity index (χ2n) is 6.33. The number of nitrogens with one attached hydrogen (secondary N) is 1. The van der Waals surface area contributed by atoms with E-state index in [-0.39, 0.29) is 5.91 Å². The molecule has 1 atom stereocenters. The summed E-state index contributed by atoms with van der Waals surface area (Å²) >= 11 is 0. The van der Waals surface area contributed by atoms with Crippen LogP contribution in [0.4, 0.5) is 0 Å². The first-order chi connectivity index (χ1) is 10.6. The summed E-state index contributed by atoms with van der Waals surface area (Å²) in [7, 11) is 3.61. The first kappa shape index (κ1) is 15.1. The van der Waals surface area contributed by atoms with Gasteiger partial charge < -0.3 is 14.6 Å². The van der Waals surface area contributed by atoms with E-state index in [0.717, 1.165) is 30.5 Å². The lowest BCUT2D eigenvalue weighted by molar-refractivity contribution is -0.140. The number of carbonyl (C=O) groups excluding carboxylic acids is 1. The molecular weight excluding hydrogens is 276 g/mol. The van der Waals surface area contributed by atoms with Crippen molar-refractivity contribution in [2.45, 2.75) is 38.2 Å². The Morgan fingerprint density at radius 3 is 2.86 bits per heavy atom. The molecule has 0 bridgehead atoms. The smallest absolute Gasteiger partial charge is 0.225 e. The molecule has 1 unspecified atom stereocenters. The molecule has 1 aromatic carbocycles. The molecule has 4 heteroatoms. The van der Waals surface area contributed by atoms with Crippen LogP contribution in [0.3, 0.4) is 0 Å². The highest BCUT2D eigenvalue weighted by Crippen LogP contribution is 2.42. The van der Waals surface area contributed by atoms with Crippen molar-refractivity contribution in [3.05, 3.63) is 35.5 Å². The molecular formula is C18H24N2O2. The molecule has 118 valence electrons. The molecule has 0 aliphatic carbocycles. The van der Waals surface area contributed by atoms with Crippen LogP contribution in [0.2, 0.25) is 0 Å². The summed E-state index contributed by atoms with van der Waals surface area (Å²) in [6, 6.07) is 8.36. The number of aromatic amines is 1.